The van der Waals surface area contributed by atoms with Crippen LogP contribution in [0.25, 0.3) is 11.0 Å². The van der Waals surface area contributed by atoms with E-state index in [1.54, 1.807) is 6.92 Å². The Bertz CT molecular complexity index is 984. The standard InChI is InChI=1S/C17H15F3N4O3/c1-9(10-4-6-11(7-5-10)17(18,19)20)24-14-13(12(8-25)23-24)15(26-2)22-16(21-14)27-3/h4-9H,1-3H3. The second kappa shape index (κ2) is 6.86. The van der Waals surface area contributed by atoms with Gasteiger partial charge in [-0.2, -0.15) is 28.2 Å². The molecule has 142 valence electrons. The molecule has 0 saturated carbocycles. The number of halogens is 3. The van der Waals surface area contributed by atoms with E-state index in [1.807, 2.05) is 0 Å². The second-order valence-electron chi connectivity index (χ2n) is 5.66. The number of rotatable bonds is 5. The normalized spacial score (nSPS) is 12.8. The number of ether oxygens (including phenoxy) is 2. The first-order chi connectivity index (χ1) is 12.8. The molecular formula is C17H15F3N4O3. The SMILES string of the molecule is COc1nc(OC)c2c(C=O)nn(C(C)c3ccc(C(F)(F)F)cc3)c2n1. The summed E-state index contributed by atoms with van der Waals surface area (Å²) in [6, 6.07) is 4.21. The number of benzene rings is 1. The number of aromatic nitrogens is 4. The fourth-order valence-electron chi connectivity index (χ4n) is 2.70. The lowest BCUT2D eigenvalue weighted by atomic mass is 10.1. The van der Waals surface area contributed by atoms with E-state index in [9.17, 15) is 18.0 Å². The van der Waals surface area contributed by atoms with E-state index in [0.29, 0.717) is 17.2 Å². The Morgan fingerprint density at radius 3 is 2.30 bits per heavy atom. The monoisotopic (exact) mass is 380 g/mol. The lowest BCUT2D eigenvalue weighted by Gasteiger charge is -2.15. The molecule has 0 spiro atoms. The van der Waals surface area contributed by atoms with Crippen LogP contribution in [0.3, 0.4) is 0 Å². The molecule has 0 amide bonds. The van der Waals surface area contributed by atoms with E-state index < -0.39 is 17.8 Å². The molecule has 3 rings (SSSR count). The van der Waals surface area contributed by atoms with Gasteiger partial charge in [0, 0.05) is 0 Å². The predicted octanol–water partition coefficient (Wildman–Crippen LogP) is 3.28. The molecule has 0 aliphatic rings. The molecular weight excluding hydrogens is 365 g/mol. The van der Waals surface area contributed by atoms with Gasteiger partial charge in [0.1, 0.15) is 11.1 Å². The van der Waals surface area contributed by atoms with Crippen LogP contribution in [0.5, 0.6) is 11.9 Å². The maximum Gasteiger partial charge on any atom is 0.416 e. The van der Waals surface area contributed by atoms with Crippen LogP contribution in [0.2, 0.25) is 0 Å². The Morgan fingerprint density at radius 1 is 1.11 bits per heavy atom. The lowest BCUT2D eigenvalue weighted by molar-refractivity contribution is -0.137. The third-order valence-electron chi connectivity index (χ3n) is 4.10. The number of nitrogens with zero attached hydrogens (tertiary/aromatic N) is 4. The van der Waals surface area contributed by atoms with E-state index in [2.05, 4.69) is 15.1 Å². The van der Waals surface area contributed by atoms with Gasteiger partial charge in [-0.05, 0) is 24.6 Å². The van der Waals surface area contributed by atoms with Crippen molar-refractivity contribution in [3.63, 3.8) is 0 Å². The number of aldehydes is 1. The van der Waals surface area contributed by atoms with E-state index in [4.69, 9.17) is 9.47 Å². The zero-order valence-electron chi connectivity index (χ0n) is 14.6. The highest BCUT2D eigenvalue weighted by atomic mass is 19.4. The van der Waals surface area contributed by atoms with E-state index in [-0.39, 0.29) is 23.2 Å². The molecule has 0 saturated heterocycles. The van der Waals surface area contributed by atoms with Gasteiger partial charge in [0.05, 0.1) is 25.8 Å². The maximum absolute atomic E-state index is 12.8. The molecule has 27 heavy (non-hydrogen) atoms. The average Bonchev–Trinajstić information content (AvgIpc) is 3.04. The van der Waals surface area contributed by atoms with Crippen LogP contribution in [0.4, 0.5) is 13.2 Å². The van der Waals surface area contributed by atoms with Gasteiger partial charge in [0.15, 0.2) is 11.9 Å². The van der Waals surface area contributed by atoms with Gasteiger partial charge in [0.25, 0.3) is 0 Å². The van der Waals surface area contributed by atoms with Crippen molar-refractivity contribution in [1.29, 1.82) is 0 Å². The fourth-order valence-corrected chi connectivity index (χ4v) is 2.70. The Balaban J connectivity index is 2.14. The summed E-state index contributed by atoms with van der Waals surface area (Å²) in [5.74, 6) is 0.116. The van der Waals surface area contributed by atoms with Crippen molar-refractivity contribution in [1.82, 2.24) is 19.7 Å². The van der Waals surface area contributed by atoms with Crippen LogP contribution in [0, 0.1) is 0 Å². The summed E-state index contributed by atoms with van der Waals surface area (Å²) >= 11 is 0. The summed E-state index contributed by atoms with van der Waals surface area (Å²) in [6.45, 7) is 1.73. The third kappa shape index (κ3) is 3.29. The van der Waals surface area contributed by atoms with Crippen LogP contribution in [0.1, 0.15) is 34.6 Å². The highest BCUT2D eigenvalue weighted by Crippen LogP contribution is 2.33. The number of alkyl halides is 3. The van der Waals surface area contributed by atoms with Crippen LogP contribution >= 0.6 is 0 Å². The molecule has 3 aromatic rings. The van der Waals surface area contributed by atoms with Gasteiger partial charge in [0.2, 0.25) is 5.88 Å². The van der Waals surface area contributed by atoms with Crippen molar-refractivity contribution in [3.05, 3.63) is 41.1 Å². The van der Waals surface area contributed by atoms with Crippen LogP contribution in [0.15, 0.2) is 24.3 Å². The average molecular weight is 380 g/mol. The molecule has 1 aromatic carbocycles. The maximum atomic E-state index is 12.8. The zero-order valence-corrected chi connectivity index (χ0v) is 14.6. The molecule has 0 N–H and O–H groups in total. The molecule has 0 radical (unpaired) electrons. The smallest absolute Gasteiger partial charge is 0.416 e. The lowest BCUT2D eigenvalue weighted by Crippen LogP contribution is -2.11. The van der Waals surface area contributed by atoms with E-state index >= 15 is 0 Å². The van der Waals surface area contributed by atoms with Gasteiger partial charge in [-0.15, -0.1) is 0 Å². The van der Waals surface area contributed by atoms with Crippen molar-refractivity contribution >= 4 is 17.3 Å². The molecule has 0 bridgehead atoms. The number of methoxy groups -OCH3 is 2. The molecule has 2 heterocycles. The summed E-state index contributed by atoms with van der Waals surface area (Å²) in [6.07, 6.45) is -3.88. The Labute approximate surface area is 151 Å². The second-order valence-corrected chi connectivity index (χ2v) is 5.66. The van der Waals surface area contributed by atoms with Gasteiger partial charge in [-0.25, -0.2) is 4.68 Å². The first kappa shape index (κ1) is 18.6. The van der Waals surface area contributed by atoms with Gasteiger partial charge in [-0.3, -0.25) is 4.79 Å². The van der Waals surface area contributed by atoms with Crippen molar-refractivity contribution in [3.8, 4) is 11.9 Å². The van der Waals surface area contributed by atoms with Crippen LogP contribution in [-0.4, -0.2) is 40.3 Å². The molecule has 1 unspecified atom stereocenters. The van der Waals surface area contributed by atoms with Crippen molar-refractivity contribution in [2.45, 2.75) is 19.1 Å². The molecule has 0 aliphatic carbocycles. The summed E-state index contributed by atoms with van der Waals surface area (Å²) < 4.78 is 50.0. The Kier molecular flexibility index (Phi) is 4.73. The summed E-state index contributed by atoms with van der Waals surface area (Å²) in [5, 5.41) is 4.53. The minimum Gasteiger partial charge on any atom is -0.480 e. The topological polar surface area (TPSA) is 79.1 Å². The summed E-state index contributed by atoms with van der Waals surface area (Å²) in [4.78, 5) is 19.7. The summed E-state index contributed by atoms with van der Waals surface area (Å²) in [7, 11) is 2.76. The highest BCUT2D eigenvalue weighted by molar-refractivity contribution is 5.96. The van der Waals surface area contributed by atoms with Gasteiger partial charge >= 0.3 is 12.2 Å². The van der Waals surface area contributed by atoms with Crippen molar-refractivity contribution in [2.24, 2.45) is 0 Å². The van der Waals surface area contributed by atoms with Gasteiger partial charge in [-0.1, -0.05) is 12.1 Å². The number of hydrogen-bond donors (Lipinski definition) is 0. The number of carbonyl (C=O) groups excluding carboxylic acids is 1. The van der Waals surface area contributed by atoms with Crippen molar-refractivity contribution < 1.29 is 27.4 Å². The zero-order chi connectivity index (χ0) is 19.8. The number of carbonyl (C=O) groups is 1. The number of hydrogen-bond acceptors (Lipinski definition) is 6. The first-order valence-electron chi connectivity index (χ1n) is 7.80. The highest BCUT2D eigenvalue weighted by Gasteiger charge is 2.30. The van der Waals surface area contributed by atoms with E-state index in [1.165, 1.54) is 31.0 Å². The number of fused-ring (bicyclic) bond motifs is 1. The molecule has 7 nitrogen and oxygen atoms in total. The van der Waals surface area contributed by atoms with Crippen molar-refractivity contribution in [2.75, 3.05) is 14.2 Å². The quantitative estimate of drug-likeness (QED) is 0.632. The molecule has 10 heteroatoms. The summed E-state index contributed by atoms with van der Waals surface area (Å²) in [5.41, 5.74) is 0.140. The van der Waals surface area contributed by atoms with Gasteiger partial charge < -0.3 is 9.47 Å². The first-order valence-corrected chi connectivity index (χ1v) is 7.80. The fraction of sp³-hybridized carbons (Fsp3) is 0.294. The predicted molar refractivity (Wildman–Crippen MR) is 89.1 cm³/mol. The largest absolute Gasteiger partial charge is 0.480 e. The molecule has 0 fully saturated rings. The Hall–Kier alpha value is -3.17. The van der Waals surface area contributed by atoms with E-state index in [0.717, 1.165) is 12.1 Å². The van der Waals surface area contributed by atoms with Crippen LogP contribution in [-0.2, 0) is 6.18 Å². The minimum absolute atomic E-state index is 0.0116. The molecule has 0 aliphatic heterocycles. The Morgan fingerprint density at radius 2 is 1.78 bits per heavy atom. The molecule has 1 atom stereocenters. The third-order valence-corrected chi connectivity index (χ3v) is 4.10. The molecule has 2 aromatic heterocycles. The van der Waals surface area contributed by atoms with Crippen LogP contribution < -0.4 is 9.47 Å². The minimum atomic E-state index is -4.42.